The molecule has 1 saturated heterocycles. The van der Waals surface area contributed by atoms with Crippen LogP contribution in [0.2, 0.25) is 4.34 Å². The third-order valence-electron chi connectivity index (χ3n) is 5.14. The van der Waals surface area contributed by atoms with E-state index in [9.17, 15) is 0 Å². The molecule has 1 N–H and O–H groups in total. The Morgan fingerprint density at radius 2 is 2.05 bits per heavy atom. The highest BCUT2D eigenvalue weighted by Gasteiger charge is 2.45. The highest BCUT2D eigenvalue weighted by atomic mass is 35.5. The van der Waals surface area contributed by atoms with E-state index < -0.39 is 0 Å². The van der Waals surface area contributed by atoms with E-state index in [1.54, 1.807) is 11.3 Å². The van der Waals surface area contributed by atoms with Gasteiger partial charge in [-0.25, -0.2) is 0 Å². The van der Waals surface area contributed by atoms with Gasteiger partial charge in [0, 0.05) is 29.5 Å². The van der Waals surface area contributed by atoms with Crippen LogP contribution in [0.1, 0.15) is 30.6 Å². The molecule has 0 radical (unpaired) electrons. The molecule has 1 aromatic heterocycles. The predicted molar refractivity (Wildman–Crippen MR) is 89.5 cm³/mol. The monoisotopic (exact) mass is 328 g/mol. The summed E-state index contributed by atoms with van der Waals surface area (Å²) in [5.74, 6) is 0. The van der Waals surface area contributed by atoms with Gasteiger partial charge in [0.05, 0.1) is 17.6 Å². The lowest BCUT2D eigenvalue weighted by Gasteiger charge is -2.48. The average molecular weight is 329 g/mol. The third-order valence-corrected chi connectivity index (χ3v) is 6.39. The zero-order chi connectivity index (χ0) is 14.7. The molecule has 2 heterocycles. The van der Waals surface area contributed by atoms with E-state index in [0.717, 1.165) is 37.1 Å². The molecule has 1 unspecified atom stereocenters. The van der Waals surface area contributed by atoms with E-state index >= 15 is 0 Å². The van der Waals surface area contributed by atoms with Crippen molar-refractivity contribution in [2.45, 2.75) is 43.7 Å². The van der Waals surface area contributed by atoms with Crippen LogP contribution in [-0.2, 0) is 11.2 Å². The molecule has 5 heteroatoms. The summed E-state index contributed by atoms with van der Waals surface area (Å²) >= 11 is 7.82. The molecule has 2 fully saturated rings. The zero-order valence-corrected chi connectivity index (χ0v) is 14.3. The average Bonchev–Trinajstić information content (AvgIpc) is 3.15. The minimum atomic E-state index is 0.301. The number of ether oxygens (including phenoxy) is 1. The number of nitrogens with zero attached hydrogens (tertiary/aromatic N) is 1. The van der Waals surface area contributed by atoms with E-state index in [2.05, 4.69) is 23.3 Å². The molecular formula is C16H25ClN2OS. The molecule has 1 aliphatic carbocycles. The highest BCUT2D eigenvalue weighted by Crippen LogP contribution is 2.40. The third kappa shape index (κ3) is 3.30. The van der Waals surface area contributed by atoms with Crippen molar-refractivity contribution in [1.82, 2.24) is 10.2 Å². The van der Waals surface area contributed by atoms with Crippen LogP contribution in [0.4, 0.5) is 0 Å². The van der Waals surface area contributed by atoms with Gasteiger partial charge in [-0.1, -0.05) is 24.4 Å². The molecule has 0 spiro atoms. The maximum absolute atomic E-state index is 6.10. The molecule has 1 atom stereocenters. The fourth-order valence-electron chi connectivity index (χ4n) is 4.10. The summed E-state index contributed by atoms with van der Waals surface area (Å²) in [5.41, 5.74) is 0.301. The first-order chi connectivity index (χ1) is 10.2. The second-order valence-corrected chi connectivity index (χ2v) is 7.96. The Bertz CT molecular complexity index is 453. The smallest absolute Gasteiger partial charge is 0.0931 e. The van der Waals surface area contributed by atoms with Crippen molar-refractivity contribution in [3.05, 3.63) is 21.3 Å². The summed E-state index contributed by atoms with van der Waals surface area (Å²) in [7, 11) is 2.11. The molecule has 3 rings (SSSR count). The first-order valence-corrected chi connectivity index (χ1v) is 9.18. The molecule has 3 nitrogen and oxygen atoms in total. The van der Waals surface area contributed by atoms with E-state index in [1.807, 2.05) is 6.07 Å². The Morgan fingerprint density at radius 1 is 1.33 bits per heavy atom. The molecule has 21 heavy (non-hydrogen) atoms. The van der Waals surface area contributed by atoms with Gasteiger partial charge < -0.3 is 10.1 Å². The fourth-order valence-corrected chi connectivity index (χ4v) is 5.24. The molecule has 1 saturated carbocycles. The van der Waals surface area contributed by atoms with Gasteiger partial charge in [-0.05, 0) is 38.4 Å². The van der Waals surface area contributed by atoms with Crippen LogP contribution < -0.4 is 5.32 Å². The van der Waals surface area contributed by atoms with Gasteiger partial charge in [0.2, 0.25) is 0 Å². The zero-order valence-electron chi connectivity index (χ0n) is 12.7. The van der Waals surface area contributed by atoms with Crippen molar-refractivity contribution in [2.75, 3.05) is 33.4 Å². The second kappa shape index (κ2) is 6.97. The Hall–Kier alpha value is -0.130. The topological polar surface area (TPSA) is 24.5 Å². The quantitative estimate of drug-likeness (QED) is 0.898. The van der Waals surface area contributed by atoms with Crippen LogP contribution in [0.15, 0.2) is 12.1 Å². The second-order valence-electron chi connectivity index (χ2n) is 6.16. The lowest BCUT2D eigenvalue weighted by atomic mass is 9.83. The first-order valence-electron chi connectivity index (χ1n) is 7.99. The summed E-state index contributed by atoms with van der Waals surface area (Å²) in [4.78, 5) is 4.08. The van der Waals surface area contributed by atoms with Crippen LogP contribution in [0.5, 0.6) is 0 Å². The lowest BCUT2D eigenvalue weighted by Crippen LogP contribution is -2.62. The van der Waals surface area contributed by atoms with Gasteiger partial charge in [-0.3, -0.25) is 4.90 Å². The summed E-state index contributed by atoms with van der Waals surface area (Å²) < 4.78 is 6.46. The Morgan fingerprint density at radius 3 is 2.62 bits per heavy atom. The Balaban J connectivity index is 1.79. The number of rotatable bonds is 5. The molecule has 2 aliphatic rings. The van der Waals surface area contributed by atoms with Gasteiger partial charge in [0.25, 0.3) is 0 Å². The number of halogens is 1. The summed E-state index contributed by atoms with van der Waals surface area (Å²) in [6.07, 6.45) is 6.38. The SMILES string of the molecule is CNC(Cc1ccc(Cl)s1)C1(N2CCOCC2)CCCC1. The standard InChI is InChI=1S/C16H25ClN2OS/c1-18-14(12-13-4-5-15(17)21-13)16(6-2-3-7-16)19-8-10-20-11-9-19/h4-5,14,18H,2-3,6-12H2,1H3. The van der Waals surface area contributed by atoms with Crippen LogP contribution in [-0.4, -0.2) is 49.8 Å². The van der Waals surface area contributed by atoms with E-state index in [0.29, 0.717) is 11.6 Å². The molecule has 0 amide bonds. The van der Waals surface area contributed by atoms with E-state index in [-0.39, 0.29) is 0 Å². The van der Waals surface area contributed by atoms with Gasteiger partial charge in [0.15, 0.2) is 0 Å². The van der Waals surface area contributed by atoms with Gasteiger partial charge in [-0.2, -0.15) is 0 Å². The number of morpholine rings is 1. The van der Waals surface area contributed by atoms with Gasteiger partial charge in [-0.15, -0.1) is 11.3 Å². The van der Waals surface area contributed by atoms with Crippen molar-refractivity contribution in [2.24, 2.45) is 0 Å². The largest absolute Gasteiger partial charge is 0.379 e. The maximum atomic E-state index is 6.10. The number of hydrogen-bond donors (Lipinski definition) is 1. The first kappa shape index (κ1) is 15.8. The van der Waals surface area contributed by atoms with Crippen LogP contribution in [0.3, 0.4) is 0 Å². The van der Waals surface area contributed by atoms with E-state index in [4.69, 9.17) is 16.3 Å². The highest BCUT2D eigenvalue weighted by molar-refractivity contribution is 7.16. The van der Waals surface area contributed by atoms with Crippen LogP contribution in [0.25, 0.3) is 0 Å². The van der Waals surface area contributed by atoms with Crippen LogP contribution >= 0.6 is 22.9 Å². The molecular weight excluding hydrogens is 304 g/mol. The fraction of sp³-hybridized carbons (Fsp3) is 0.750. The van der Waals surface area contributed by atoms with E-state index in [1.165, 1.54) is 30.6 Å². The lowest BCUT2D eigenvalue weighted by molar-refractivity contribution is -0.0346. The van der Waals surface area contributed by atoms with Gasteiger partial charge in [0.1, 0.15) is 0 Å². The summed E-state index contributed by atoms with van der Waals surface area (Å²) in [6.45, 7) is 3.90. The molecule has 1 aliphatic heterocycles. The Labute approximate surface area is 136 Å². The van der Waals surface area contributed by atoms with Crippen LogP contribution in [0, 0.1) is 0 Å². The minimum absolute atomic E-state index is 0.301. The maximum Gasteiger partial charge on any atom is 0.0931 e. The molecule has 0 bridgehead atoms. The summed E-state index contributed by atoms with van der Waals surface area (Å²) in [5, 5.41) is 3.62. The van der Waals surface area contributed by atoms with Crippen molar-refractivity contribution >= 4 is 22.9 Å². The molecule has 1 aromatic rings. The molecule has 0 aromatic carbocycles. The van der Waals surface area contributed by atoms with Crippen molar-refractivity contribution in [1.29, 1.82) is 0 Å². The Kier molecular flexibility index (Phi) is 5.23. The van der Waals surface area contributed by atoms with Gasteiger partial charge >= 0.3 is 0 Å². The summed E-state index contributed by atoms with van der Waals surface area (Å²) in [6, 6.07) is 4.69. The normalized spacial score (nSPS) is 24.3. The van der Waals surface area contributed by atoms with Crippen molar-refractivity contribution in [3.63, 3.8) is 0 Å². The number of hydrogen-bond acceptors (Lipinski definition) is 4. The predicted octanol–water partition coefficient (Wildman–Crippen LogP) is 3.18. The number of likely N-dealkylation sites (N-methyl/N-ethyl adjacent to an activating group) is 1. The van der Waals surface area contributed by atoms with Crippen molar-refractivity contribution < 1.29 is 4.74 Å². The molecule has 118 valence electrons. The minimum Gasteiger partial charge on any atom is -0.379 e. The number of thiophene rings is 1. The van der Waals surface area contributed by atoms with Crippen molar-refractivity contribution in [3.8, 4) is 0 Å². The number of nitrogens with one attached hydrogen (secondary N) is 1.